The Morgan fingerprint density at radius 2 is 2.19 bits per heavy atom. The molecule has 0 spiro atoms. The molecule has 3 aromatic heterocycles. The molecule has 0 amide bonds. The van der Waals surface area contributed by atoms with Crippen molar-refractivity contribution in [1.82, 2.24) is 19.7 Å². The molecule has 3 aromatic rings. The monoisotopic (exact) mass is 302 g/mol. The molecule has 0 N–H and O–H groups in total. The molecule has 0 saturated heterocycles. The molecule has 0 aliphatic rings. The number of rotatable bonds is 5. The molecule has 0 bridgehead atoms. The van der Waals surface area contributed by atoms with Gasteiger partial charge < -0.3 is 4.42 Å². The molecule has 110 valence electrons. The van der Waals surface area contributed by atoms with E-state index in [1.165, 1.54) is 5.56 Å². The van der Waals surface area contributed by atoms with Crippen LogP contribution in [0.1, 0.15) is 36.2 Å². The van der Waals surface area contributed by atoms with Gasteiger partial charge in [0.1, 0.15) is 17.8 Å². The van der Waals surface area contributed by atoms with Gasteiger partial charge in [0.25, 0.3) is 0 Å². The zero-order chi connectivity index (χ0) is 14.8. The van der Waals surface area contributed by atoms with Crippen LogP contribution in [0.25, 0.3) is 10.8 Å². The summed E-state index contributed by atoms with van der Waals surface area (Å²) in [5.74, 6) is 2.42. The Morgan fingerprint density at radius 3 is 2.90 bits per heavy atom. The van der Waals surface area contributed by atoms with Gasteiger partial charge in [0, 0.05) is 6.42 Å². The van der Waals surface area contributed by atoms with Crippen molar-refractivity contribution in [3.63, 3.8) is 0 Å². The average molecular weight is 302 g/mol. The first-order valence-corrected chi connectivity index (χ1v) is 7.94. The highest BCUT2D eigenvalue weighted by Crippen LogP contribution is 2.29. The fourth-order valence-corrected chi connectivity index (χ4v) is 3.01. The number of nitrogens with zero attached hydrogens (tertiary/aromatic N) is 4. The SMILES string of the molecule is CCCc1ncn(Cc2nc(-c3sccc3C)oc2C)n1. The summed E-state index contributed by atoms with van der Waals surface area (Å²) in [5, 5.41) is 6.51. The molecule has 0 aliphatic heterocycles. The lowest BCUT2D eigenvalue weighted by atomic mass is 10.3. The quantitative estimate of drug-likeness (QED) is 0.722. The van der Waals surface area contributed by atoms with Crippen molar-refractivity contribution in [3.8, 4) is 10.8 Å². The fraction of sp³-hybridized carbons (Fsp3) is 0.400. The number of aromatic nitrogens is 4. The van der Waals surface area contributed by atoms with E-state index >= 15 is 0 Å². The predicted molar refractivity (Wildman–Crippen MR) is 82.4 cm³/mol. The molecule has 0 saturated carbocycles. The van der Waals surface area contributed by atoms with Crippen LogP contribution < -0.4 is 0 Å². The summed E-state index contributed by atoms with van der Waals surface area (Å²) in [6.45, 7) is 6.73. The van der Waals surface area contributed by atoms with Gasteiger partial charge in [-0.3, -0.25) is 0 Å². The van der Waals surface area contributed by atoms with Crippen molar-refractivity contribution in [2.24, 2.45) is 0 Å². The topological polar surface area (TPSA) is 56.7 Å². The van der Waals surface area contributed by atoms with Crippen molar-refractivity contribution in [2.75, 3.05) is 0 Å². The minimum atomic E-state index is 0.594. The van der Waals surface area contributed by atoms with Gasteiger partial charge in [-0.15, -0.1) is 11.3 Å². The van der Waals surface area contributed by atoms with E-state index in [1.54, 1.807) is 17.7 Å². The molecule has 0 fully saturated rings. The Kier molecular flexibility index (Phi) is 3.88. The third kappa shape index (κ3) is 2.90. The summed E-state index contributed by atoms with van der Waals surface area (Å²) >= 11 is 1.65. The standard InChI is InChI=1S/C15H18N4OS/c1-4-5-13-16-9-19(18-13)8-12-11(3)20-15(17-12)14-10(2)6-7-21-14/h6-7,9H,4-5,8H2,1-3H3. The van der Waals surface area contributed by atoms with E-state index in [9.17, 15) is 0 Å². The van der Waals surface area contributed by atoms with E-state index < -0.39 is 0 Å². The number of aryl methyl sites for hydroxylation is 3. The van der Waals surface area contributed by atoms with Crippen LogP contribution >= 0.6 is 11.3 Å². The van der Waals surface area contributed by atoms with Gasteiger partial charge in [-0.1, -0.05) is 6.92 Å². The molecular weight excluding hydrogens is 284 g/mol. The molecule has 0 atom stereocenters. The first kappa shape index (κ1) is 14.0. The largest absolute Gasteiger partial charge is 0.440 e. The summed E-state index contributed by atoms with van der Waals surface area (Å²) in [5.41, 5.74) is 2.10. The molecule has 3 rings (SSSR count). The Balaban J connectivity index is 1.82. The minimum Gasteiger partial charge on any atom is -0.440 e. The number of oxazole rings is 1. The second kappa shape index (κ2) is 5.81. The van der Waals surface area contributed by atoms with Crippen molar-refractivity contribution in [2.45, 2.75) is 40.2 Å². The molecule has 3 heterocycles. The highest BCUT2D eigenvalue weighted by molar-refractivity contribution is 7.13. The molecule has 21 heavy (non-hydrogen) atoms. The van der Waals surface area contributed by atoms with Crippen LogP contribution in [0.3, 0.4) is 0 Å². The van der Waals surface area contributed by atoms with Crippen LogP contribution in [0, 0.1) is 13.8 Å². The highest BCUT2D eigenvalue weighted by Gasteiger charge is 2.15. The minimum absolute atomic E-state index is 0.594. The second-order valence-electron chi connectivity index (χ2n) is 5.06. The lowest BCUT2D eigenvalue weighted by molar-refractivity contribution is 0.536. The third-order valence-electron chi connectivity index (χ3n) is 3.32. The lowest BCUT2D eigenvalue weighted by Crippen LogP contribution is -2.02. The lowest BCUT2D eigenvalue weighted by Gasteiger charge is -1.96. The maximum absolute atomic E-state index is 5.80. The van der Waals surface area contributed by atoms with Crippen LogP contribution in [-0.4, -0.2) is 19.7 Å². The molecule has 6 heteroatoms. The van der Waals surface area contributed by atoms with Crippen molar-refractivity contribution >= 4 is 11.3 Å². The van der Waals surface area contributed by atoms with Crippen LogP contribution in [0.4, 0.5) is 0 Å². The van der Waals surface area contributed by atoms with E-state index in [4.69, 9.17) is 4.42 Å². The number of thiophene rings is 1. The average Bonchev–Trinajstić information content (AvgIpc) is 3.13. The van der Waals surface area contributed by atoms with Crippen LogP contribution in [0.5, 0.6) is 0 Å². The molecule has 0 unspecified atom stereocenters. The van der Waals surface area contributed by atoms with E-state index in [-0.39, 0.29) is 0 Å². The first-order valence-electron chi connectivity index (χ1n) is 7.06. The van der Waals surface area contributed by atoms with Crippen LogP contribution in [0.15, 0.2) is 22.2 Å². The van der Waals surface area contributed by atoms with Crippen molar-refractivity contribution in [3.05, 3.63) is 40.6 Å². The van der Waals surface area contributed by atoms with E-state index in [0.717, 1.165) is 35.0 Å². The summed E-state index contributed by atoms with van der Waals surface area (Å²) < 4.78 is 7.62. The molecule has 5 nitrogen and oxygen atoms in total. The Bertz CT molecular complexity index is 741. The Labute approximate surface area is 127 Å². The zero-order valence-corrected chi connectivity index (χ0v) is 13.3. The zero-order valence-electron chi connectivity index (χ0n) is 12.5. The van der Waals surface area contributed by atoms with Crippen molar-refractivity contribution in [1.29, 1.82) is 0 Å². The Morgan fingerprint density at radius 1 is 1.33 bits per heavy atom. The van der Waals surface area contributed by atoms with Gasteiger partial charge in [-0.05, 0) is 37.3 Å². The molecular formula is C15H18N4OS. The normalized spacial score (nSPS) is 11.2. The van der Waals surface area contributed by atoms with Gasteiger partial charge in [-0.2, -0.15) is 5.10 Å². The van der Waals surface area contributed by atoms with E-state index in [2.05, 4.69) is 40.4 Å². The molecule has 0 aliphatic carbocycles. The molecule has 0 radical (unpaired) electrons. The van der Waals surface area contributed by atoms with Gasteiger partial charge in [-0.25, -0.2) is 14.6 Å². The summed E-state index contributed by atoms with van der Waals surface area (Å²) in [6, 6.07) is 2.08. The van der Waals surface area contributed by atoms with Gasteiger partial charge in [0.15, 0.2) is 5.82 Å². The summed E-state index contributed by atoms with van der Waals surface area (Å²) in [6.07, 6.45) is 3.72. The smallest absolute Gasteiger partial charge is 0.237 e. The van der Waals surface area contributed by atoms with E-state index in [1.807, 2.05) is 11.6 Å². The van der Waals surface area contributed by atoms with Crippen molar-refractivity contribution < 1.29 is 4.42 Å². The van der Waals surface area contributed by atoms with Gasteiger partial charge in [0.05, 0.1) is 11.4 Å². The fourth-order valence-electron chi connectivity index (χ4n) is 2.16. The maximum atomic E-state index is 5.80. The summed E-state index contributed by atoms with van der Waals surface area (Å²) in [7, 11) is 0. The molecule has 0 aromatic carbocycles. The highest BCUT2D eigenvalue weighted by atomic mass is 32.1. The van der Waals surface area contributed by atoms with Gasteiger partial charge >= 0.3 is 0 Å². The maximum Gasteiger partial charge on any atom is 0.237 e. The Hall–Kier alpha value is -1.95. The van der Waals surface area contributed by atoms with Crippen LogP contribution in [0.2, 0.25) is 0 Å². The number of hydrogen-bond donors (Lipinski definition) is 0. The summed E-state index contributed by atoms with van der Waals surface area (Å²) in [4.78, 5) is 10.0. The van der Waals surface area contributed by atoms with Gasteiger partial charge in [0.2, 0.25) is 5.89 Å². The van der Waals surface area contributed by atoms with E-state index in [0.29, 0.717) is 12.4 Å². The van der Waals surface area contributed by atoms with Crippen LogP contribution in [-0.2, 0) is 13.0 Å². The first-order chi connectivity index (χ1) is 10.2. The number of hydrogen-bond acceptors (Lipinski definition) is 5. The second-order valence-corrected chi connectivity index (χ2v) is 5.98. The third-order valence-corrected chi connectivity index (χ3v) is 4.32. The predicted octanol–water partition coefficient (Wildman–Crippen LogP) is 3.61.